The van der Waals surface area contributed by atoms with Crippen LogP contribution in [0, 0.1) is 3.57 Å². The molecule has 0 spiro atoms. The Morgan fingerprint density at radius 2 is 1.88 bits per heavy atom. The van der Waals surface area contributed by atoms with Crippen molar-refractivity contribution in [3.8, 4) is 0 Å². The highest BCUT2D eigenvalue weighted by atomic mass is 127. The van der Waals surface area contributed by atoms with Crippen LogP contribution in [0.4, 0.5) is 0 Å². The van der Waals surface area contributed by atoms with Crippen molar-refractivity contribution in [2.45, 2.75) is 39.2 Å². The number of hydrogen-bond acceptors (Lipinski definition) is 1. The average molecular weight is 331 g/mol. The van der Waals surface area contributed by atoms with Crippen LogP contribution in [-0.2, 0) is 0 Å². The van der Waals surface area contributed by atoms with Gasteiger partial charge in [-0.2, -0.15) is 0 Å². The number of hydrogen-bond donors (Lipinski definition) is 1. The fourth-order valence-corrected chi connectivity index (χ4v) is 2.03. The van der Waals surface area contributed by atoms with Crippen LogP contribution in [0.15, 0.2) is 24.3 Å². The Balaban J connectivity index is 2.69. The number of benzene rings is 1. The summed E-state index contributed by atoms with van der Waals surface area (Å²) in [6, 6.07) is 7.61. The van der Waals surface area contributed by atoms with Gasteiger partial charge >= 0.3 is 0 Å². The van der Waals surface area contributed by atoms with Gasteiger partial charge in [0.25, 0.3) is 5.91 Å². The second-order valence-electron chi connectivity index (χ2n) is 4.59. The Bertz CT molecular complexity index is 357. The highest BCUT2D eigenvalue weighted by Crippen LogP contribution is 2.13. The molecule has 0 saturated carbocycles. The number of carbonyl (C=O) groups excluding carboxylic acids is 1. The van der Waals surface area contributed by atoms with E-state index >= 15 is 0 Å². The number of nitrogens with one attached hydrogen (secondary N) is 1. The van der Waals surface area contributed by atoms with Crippen molar-refractivity contribution in [3.63, 3.8) is 0 Å². The summed E-state index contributed by atoms with van der Waals surface area (Å²) in [6.07, 6.45) is 2.06. The molecular formula is C13H18INO. The van der Waals surface area contributed by atoms with E-state index in [2.05, 4.69) is 48.7 Å². The SMILES string of the molecule is CCCC(C)(C)NC(=O)c1ccc(I)cc1. The van der Waals surface area contributed by atoms with Gasteiger partial charge in [-0.25, -0.2) is 0 Å². The molecular weight excluding hydrogens is 313 g/mol. The van der Waals surface area contributed by atoms with Crippen molar-refractivity contribution < 1.29 is 4.79 Å². The molecule has 1 amide bonds. The first-order valence-corrected chi connectivity index (χ1v) is 6.60. The molecule has 0 atom stereocenters. The van der Waals surface area contributed by atoms with Crippen LogP contribution in [0.5, 0.6) is 0 Å². The van der Waals surface area contributed by atoms with E-state index in [9.17, 15) is 4.79 Å². The molecule has 0 aliphatic rings. The van der Waals surface area contributed by atoms with Crippen LogP contribution in [0.2, 0.25) is 0 Å². The van der Waals surface area contributed by atoms with Crippen molar-refractivity contribution >= 4 is 28.5 Å². The molecule has 0 radical (unpaired) electrons. The van der Waals surface area contributed by atoms with E-state index in [1.165, 1.54) is 0 Å². The molecule has 2 nitrogen and oxygen atoms in total. The standard InChI is InChI=1S/C13H18INO/c1-4-9-13(2,3)15-12(16)10-5-7-11(14)8-6-10/h5-8H,4,9H2,1-3H3,(H,15,16). The van der Waals surface area contributed by atoms with Crippen molar-refractivity contribution in [1.29, 1.82) is 0 Å². The summed E-state index contributed by atoms with van der Waals surface area (Å²) in [5.41, 5.74) is 0.596. The summed E-state index contributed by atoms with van der Waals surface area (Å²) in [5.74, 6) is 0.00912. The highest BCUT2D eigenvalue weighted by molar-refractivity contribution is 14.1. The van der Waals surface area contributed by atoms with E-state index in [4.69, 9.17) is 0 Å². The number of amides is 1. The molecule has 1 rings (SSSR count). The third kappa shape index (κ3) is 4.12. The maximum absolute atomic E-state index is 11.9. The molecule has 0 fully saturated rings. The molecule has 88 valence electrons. The van der Waals surface area contributed by atoms with Gasteiger partial charge in [0.05, 0.1) is 0 Å². The molecule has 0 saturated heterocycles. The topological polar surface area (TPSA) is 29.1 Å². The van der Waals surface area contributed by atoms with Gasteiger partial charge in [-0.1, -0.05) is 13.3 Å². The zero-order chi connectivity index (χ0) is 12.2. The normalized spacial score (nSPS) is 11.2. The van der Waals surface area contributed by atoms with E-state index in [1.54, 1.807) is 0 Å². The Kier molecular flexibility index (Phi) is 4.77. The third-order valence-corrected chi connectivity index (χ3v) is 3.15. The largest absolute Gasteiger partial charge is 0.347 e. The second kappa shape index (κ2) is 5.66. The van der Waals surface area contributed by atoms with Gasteiger partial charge in [0.15, 0.2) is 0 Å². The number of halogens is 1. The summed E-state index contributed by atoms with van der Waals surface area (Å²) in [6.45, 7) is 6.24. The molecule has 1 aromatic rings. The van der Waals surface area contributed by atoms with E-state index in [-0.39, 0.29) is 11.4 Å². The minimum Gasteiger partial charge on any atom is -0.347 e. The monoisotopic (exact) mass is 331 g/mol. The highest BCUT2D eigenvalue weighted by Gasteiger charge is 2.19. The van der Waals surface area contributed by atoms with E-state index in [1.807, 2.05) is 24.3 Å². The minimum atomic E-state index is -0.130. The fourth-order valence-electron chi connectivity index (χ4n) is 1.67. The van der Waals surface area contributed by atoms with Crippen LogP contribution in [-0.4, -0.2) is 11.4 Å². The van der Waals surface area contributed by atoms with E-state index in [0.717, 1.165) is 22.0 Å². The van der Waals surface area contributed by atoms with Crippen LogP contribution in [0.3, 0.4) is 0 Å². The van der Waals surface area contributed by atoms with Gasteiger partial charge in [-0.05, 0) is 67.1 Å². The van der Waals surface area contributed by atoms with Crippen molar-refractivity contribution in [1.82, 2.24) is 5.32 Å². The van der Waals surface area contributed by atoms with Crippen LogP contribution < -0.4 is 5.32 Å². The molecule has 0 aliphatic carbocycles. The molecule has 1 aromatic carbocycles. The van der Waals surface area contributed by atoms with E-state index < -0.39 is 0 Å². The van der Waals surface area contributed by atoms with Crippen molar-refractivity contribution in [2.24, 2.45) is 0 Å². The van der Waals surface area contributed by atoms with Gasteiger partial charge in [-0.15, -0.1) is 0 Å². The zero-order valence-electron chi connectivity index (χ0n) is 10.0. The molecule has 16 heavy (non-hydrogen) atoms. The molecule has 0 aromatic heterocycles. The number of carbonyl (C=O) groups is 1. The lowest BCUT2D eigenvalue weighted by Gasteiger charge is -2.25. The molecule has 0 bridgehead atoms. The molecule has 0 unspecified atom stereocenters. The number of rotatable bonds is 4. The summed E-state index contributed by atoms with van der Waals surface area (Å²) in [4.78, 5) is 11.9. The fraction of sp³-hybridized carbons (Fsp3) is 0.462. The summed E-state index contributed by atoms with van der Waals surface area (Å²) in [5, 5.41) is 3.05. The maximum atomic E-state index is 11.9. The maximum Gasteiger partial charge on any atom is 0.251 e. The van der Waals surface area contributed by atoms with Gasteiger partial charge in [0, 0.05) is 14.7 Å². The van der Waals surface area contributed by atoms with Gasteiger partial charge < -0.3 is 5.32 Å². The van der Waals surface area contributed by atoms with Crippen LogP contribution >= 0.6 is 22.6 Å². The molecule has 1 N–H and O–H groups in total. The second-order valence-corrected chi connectivity index (χ2v) is 5.84. The Hall–Kier alpha value is -0.580. The van der Waals surface area contributed by atoms with Gasteiger partial charge in [-0.3, -0.25) is 4.79 Å². The molecule has 3 heteroatoms. The predicted octanol–water partition coefficient (Wildman–Crippen LogP) is 3.60. The first-order chi connectivity index (χ1) is 7.44. The Morgan fingerprint density at radius 3 is 2.38 bits per heavy atom. The quantitative estimate of drug-likeness (QED) is 0.839. The van der Waals surface area contributed by atoms with Crippen LogP contribution in [0.1, 0.15) is 44.0 Å². The average Bonchev–Trinajstić information content (AvgIpc) is 2.17. The lowest BCUT2D eigenvalue weighted by molar-refractivity contribution is 0.0909. The van der Waals surface area contributed by atoms with Crippen molar-refractivity contribution in [2.75, 3.05) is 0 Å². The molecule has 0 aliphatic heterocycles. The van der Waals surface area contributed by atoms with E-state index in [0.29, 0.717) is 0 Å². The minimum absolute atomic E-state index is 0.00912. The lowest BCUT2D eigenvalue weighted by Crippen LogP contribution is -2.43. The zero-order valence-corrected chi connectivity index (χ0v) is 12.2. The Labute approximate surface area is 111 Å². The van der Waals surface area contributed by atoms with Gasteiger partial charge in [0.1, 0.15) is 0 Å². The lowest BCUT2D eigenvalue weighted by atomic mass is 9.98. The summed E-state index contributed by atoms with van der Waals surface area (Å²) < 4.78 is 1.14. The first-order valence-electron chi connectivity index (χ1n) is 5.53. The van der Waals surface area contributed by atoms with Gasteiger partial charge in [0.2, 0.25) is 0 Å². The molecule has 0 heterocycles. The summed E-state index contributed by atoms with van der Waals surface area (Å²) >= 11 is 2.23. The Morgan fingerprint density at radius 1 is 1.31 bits per heavy atom. The van der Waals surface area contributed by atoms with Crippen molar-refractivity contribution in [3.05, 3.63) is 33.4 Å². The van der Waals surface area contributed by atoms with Crippen LogP contribution in [0.25, 0.3) is 0 Å². The first kappa shape index (κ1) is 13.5. The summed E-state index contributed by atoms with van der Waals surface area (Å²) in [7, 11) is 0. The third-order valence-electron chi connectivity index (χ3n) is 2.43. The smallest absolute Gasteiger partial charge is 0.251 e. The predicted molar refractivity (Wildman–Crippen MR) is 75.6 cm³/mol.